The van der Waals surface area contributed by atoms with Crippen molar-refractivity contribution in [1.82, 2.24) is 14.8 Å². The number of benzene rings is 1. The number of alkyl halides is 3. The molecule has 0 amide bonds. The molecule has 3 rings (SSSR count). The lowest BCUT2D eigenvalue weighted by Crippen LogP contribution is -2.32. The monoisotopic (exact) mass is 296 g/mol. The number of anilines is 1. The fraction of sp³-hybridized carbons (Fsp3) is 0.429. The van der Waals surface area contributed by atoms with E-state index in [0.29, 0.717) is 18.1 Å². The molecule has 2 aromatic rings. The summed E-state index contributed by atoms with van der Waals surface area (Å²) in [5.41, 5.74) is 1.71. The van der Waals surface area contributed by atoms with Gasteiger partial charge in [-0.2, -0.15) is 13.2 Å². The molecule has 1 aliphatic rings. The third kappa shape index (κ3) is 2.59. The maximum Gasteiger partial charge on any atom is 0.393 e. The van der Waals surface area contributed by atoms with Crippen LogP contribution in [-0.4, -0.2) is 28.0 Å². The summed E-state index contributed by atoms with van der Waals surface area (Å²) in [7, 11) is 1.81. The SMILES string of the molecule is CNc1ccc(-c2nnc3n2CC(C(F)(F)F)CC3)cc1. The van der Waals surface area contributed by atoms with Gasteiger partial charge >= 0.3 is 6.18 Å². The average molecular weight is 296 g/mol. The number of aryl methyl sites for hydroxylation is 1. The molecule has 1 aromatic heterocycles. The Hall–Kier alpha value is -2.05. The van der Waals surface area contributed by atoms with Crippen molar-refractivity contribution >= 4 is 5.69 Å². The van der Waals surface area contributed by atoms with Crippen LogP contribution in [0.5, 0.6) is 0 Å². The number of hydrogen-bond acceptors (Lipinski definition) is 3. The maximum absolute atomic E-state index is 12.9. The fourth-order valence-electron chi connectivity index (χ4n) is 2.59. The van der Waals surface area contributed by atoms with E-state index in [9.17, 15) is 13.2 Å². The summed E-state index contributed by atoms with van der Waals surface area (Å²) >= 11 is 0. The summed E-state index contributed by atoms with van der Waals surface area (Å²) in [6, 6.07) is 7.39. The second kappa shape index (κ2) is 5.05. The predicted molar refractivity (Wildman–Crippen MR) is 72.9 cm³/mol. The van der Waals surface area contributed by atoms with E-state index < -0.39 is 12.1 Å². The molecule has 1 aliphatic heterocycles. The number of hydrogen-bond donors (Lipinski definition) is 1. The van der Waals surface area contributed by atoms with Crippen LogP contribution in [0.15, 0.2) is 24.3 Å². The Balaban J connectivity index is 1.94. The van der Waals surface area contributed by atoms with Crippen molar-refractivity contribution in [2.75, 3.05) is 12.4 Å². The first kappa shape index (κ1) is 13.9. The molecular formula is C14H15F3N4. The smallest absolute Gasteiger partial charge is 0.388 e. The van der Waals surface area contributed by atoms with Crippen LogP contribution in [-0.2, 0) is 13.0 Å². The molecule has 0 fully saturated rings. The summed E-state index contributed by atoms with van der Waals surface area (Å²) in [5, 5.41) is 11.1. The van der Waals surface area contributed by atoms with Crippen molar-refractivity contribution in [2.24, 2.45) is 5.92 Å². The van der Waals surface area contributed by atoms with Crippen LogP contribution in [0, 0.1) is 5.92 Å². The molecule has 7 heteroatoms. The molecule has 0 spiro atoms. The van der Waals surface area contributed by atoms with E-state index >= 15 is 0 Å². The summed E-state index contributed by atoms with van der Waals surface area (Å²) < 4.78 is 40.3. The molecule has 1 unspecified atom stereocenters. The minimum atomic E-state index is -4.17. The Morgan fingerprint density at radius 3 is 2.52 bits per heavy atom. The van der Waals surface area contributed by atoms with Crippen molar-refractivity contribution in [2.45, 2.75) is 25.6 Å². The zero-order valence-electron chi connectivity index (χ0n) is 11.5. The van der Waals surface area contributed by atoms with Gasteiger partial charge in [0.1, 0.15) is 5.82 Å². The highest BCUT2D eigenvalue weighted by atomic mass is 19.4. The number of nitrogens with one attached hydrogen (secondary N) is 1. The molecule has 112 valence electrons. The lowest BCUT2D eigenvalue weighted by molar-refractivity contribution is -0.182. The third-order valence-corrected chi connectivity index (χ3v) is 3.84. The van der Waals surface area contributed by atoms with Gasteiger partial charge in [0.15, 0.2) is 5.82 Å². The molecule has 0 saturated heterocycles. The van der Waals surface area contributed by atoms with Gasteiger partial charge in [0.05, 0.1) is 5.92 Å². The molecule has 21 heavy (non-hydrogen) atoms. The van der Waals surface area contributed by atoms with E-state index in [0.717, 1.165) is 11.3 Å². The van der Waals surface area contributed by atoms with Crippen LogP contribution < -0.4 is 5.32 Å². The molecule has 2 heterocycles. The minimum Gasteiger partial charge on any atom is -0.388 e. The average Bonchev–Trinajstić information content (AvgIpc) is 2.89. The Morgan fingerprint density at radius 2 is 1.90 bits per heavy atom. The van der Waals surface area contributed by atoms with Crippen molar-refractivity contribution in [1.29, 1.82) is 0 Å². The van der Waals surface area contributed by atoms with Gasteiger partial charge in [-0.3, -0.25) is 0 Å². The van der Waals surface area contributed by atoms with E-state index in [2.05, 4.69) is 15.5 Å². The first-order valence-electron chi connectivity index (χ1n) is 6.76. The van der Waals surface area contributed by atoms with Crippen LogP contribution >= 0.6 is 0 Å². The number of nitrogens with zero attached hydrogens (tertiary/aromatic N) is 3. The largest absolute Gasteiger partial charge is 0.393 e. The van der Waals surface area contributed by atoms with Gasteiger partial charge < -0.3 is 9.88 Å². The molecule has 1 N–H and O–H groups in total. The zero-order chi connectivity index (χ0) is 15.0. The van der Waals surface area contributed by atoms with Gasteiger partial charge in [-0.05, 0) is 30.7 Å². The van der Waals surface area contributed by atoms with Crippen LogP contribution in [0.2, 0.25) is 0 Å². The van der Waals surface area contributed by atoms with Gasteiger partial charge in [-0.15, -0.1) is 10.2 Å². The topological polar surface area (TPSA) is 42.7 Å². The van der Waals surface area contributed by atoms with Gasteiger partial charge in [-0.25, -0.2) is 0 Å². The zero-order valence-corrected chi connectivity index (χ0v) is 11.5. The van der Waals surface area contributed by atoms with Gasteiger partial charge in [0.2, 0.25) is 0 Å². The highest BCUT2D eigenvalue weighted by molar-refractivity contribution is 5.60. The lowest BCUT2D eigenvalue weighted by Gasteiger charge is -2.26. The second-order valence-corrected chi connectivity index (χ2v) is 5.16. The first-order chi connectivity index (χ1) is 9.99. The molecule has 0 aliphatic carbocycles. The third-order valence-electron chi connectivity index (χ3n) is 3.84. The molecule has 0 radical (unpaired) electrons. The Kier molecular flexibility index (Phi) is 3.35. The van der Waals surface area contributed by atoms with Crippen LogP contribution in [0.1, 0.15) is 12.2 Å². The highest BCUT2D eigenvalue weighted by Gasteiger charge is 2.42. The standard InChI is InChI=1S/C14H15F3N4/c1-18-11-5-2-9(3-6-11)13-20-19-12-7-4-10(8-21(12)13)14(15,16)17/h2-3,5-6,10,18H,4,7-8H2,1H3. The summed E-state index contributed by atoms with van der Waals surface area (Å²) in [6.07, 6.45) is -3.78. The van der Waals surface area contributed by atoms with Crippen LogP contribution in [0.3, 0.4) is 0 Å². The number of aromatic nitrogens is 3. The minimum absolute atomic E-state index is 0.0837. The number of halogens is 3. The summed E-state index contributed by atoms with van der Waals surface area (Å²) in [4.78, 5) is 0. The summed E-state index contributed by atoms with van der Waals surface area (Å²) in [5.74, 6) is -0.193. The highest BCUT2D eigenvalue weighted by Crippen LogP contribution is 2.35. The molecule has 4 nitrogen and oxygen atoms in total. The predicted octanol–water partition coefficient (Wildman–Crippen LogP) is 3.11. The van der Waals surface area contributed by atoms with Gasteiger partial charge in [0.25, 0.3) is 0 Å². The van der Waals surface area contributed by atoms with Crippen molar-refractivity contribution < 1.29 is 13.2 Å². The van der Waals surface area contributed by atoms with E-state index in [1.807, 2.05) is 31.3 Å². The first-order valence-corrected chi connectivity index (χ1v) is 6.76. The molecule has 0 bridgehead atoms. The van der Waals surface area contributed by atoms with Crippen molar-refractivity contribution in [3.63, 3.8) is 0 Å². The van der Waals surface area contributed by atoms with Gasteiger partial charge in [-0.1, -0.05) is 0 Å². The maximum atomic E-state index is 12.9. The molecular weight excluding hydrogens is 281 g/mol. The van der Waals surface area contributed by atoms with Crippen LogP contribution in [0.25, 0.3) is 11.4 Å². The molecule has 1 aromatic carbocycles. The normalized spacial score (nSPS) is 18.4. The van der Waals surface area contributed by atoms with Gasteiger partial charge in [0, 0.05) is 31.3 Å². The summed E-state index contributed by atoms with van der Waals surface area (Å²) in [6.45, 7) is -0.102. The van der Waals surface area contributed by atoms with E-state index in [-0.39, 0.29) is 13.0 Å². The van der Waals surface area contributed by atoms with Crippen LogP contribution in [0.4, 0.5) is 18.9 Å². The lowest BCUT2D eigenvalue weighted by atomic mass is 9.98. The number of fused-ring (bicyclic) bond motifs is 1. The van der Waals surface area contributed by atoms with Crippen molar-refractivity contribution in [3.05, 3.63) is 30.1 Å². The van der Waals surface area contributed by atoms with E-state index in [1.54, 1.807) is 4.57 Å². The second-order valence-electron chi connectivity index (χ2n) is 5.16. The quantitative estimate of drug-likeness (QED) is 0.926. The van der Waals surface area contributed by atoms with E-state index in [1.165, 1.54) is 0 Å². The van der Waals surface area contributed by atoms with Crippen molar-refractivity contribution in [3.8, 4) is 11.4 Å². The number of rotatable bonds is 2. The fourth-order valence-corrected chi connectivity index (χ4v) is 2.59. The molecule has 1 atom stereocenters. The molecule has 0 saturated carbocycles. The van der Waals surface area contributed by atoms with E-state index in [4.69, 9.17) is 0 Å². The Morgan fingerprint density at radius 1 is 1.19 bits per heavy atom. The Labute approximate surface area is 120 Å². The Bertz CT molecular complexity index is 631.